The lowest BCUT2D eigenvalue weighted by molar-refractivity contribution is 0.273. The monoisotopic (exact) mass is 308 g/mol. The lowest BCUT2D eigenvalue weighted by Crippen LogP contribution is -2.25. The van der Waals surface area contributed by atoms with Crippen LogP contribution >= 0.6 is 0 Å². The zero-order chi connectivity index (χ0) is 16.0. The molecule has 0 unspecified atom stereocenters. The molecule has 0 spiro atoms. The van der Waals surface area contributed by atoms with Gasteiger partial charge in [0.1, 0.15) is 0 Å². The van der Waals surface area contributed by atoms with Gasteiger partial charge in [-0.2, -0.15) is 0 Å². The van der Waals surface area contributed by atoms with E-state index in [1.165, 1.54) is 0 Å². The molecule has 0 radical (unpaired) electrons. The van der Waals surface area contributed by atoms with Crippen LogP contribution in [0.1, 0.15) is 16.7 Å². The Hall–Kier alpha value is -2.50. The maximum absolute atomic E-state index is 12.6. The highest BCUT2D eigenvalue weighted by atomic mass is 16.3. The minimum atomic E-state index is -0.319. The third-order valence-electron chi connectivity index (χ3n) is 4.41. The van der Waals surface area contributed by atoms with Crippen molar-refractivity contribution in [3.63, 3.8) is 0 Å². The Morgan fingerprint density at radius 1 is 1.17 bits per heavy atom. The Morgan fingerprint density at radius 2 is 2.00 bits per heavy atom. The highest BCUT2D eigenvalue weighted by Gasteiger charge is 2.24. The highest BCUT2D eigenvalue weighted by molar-refractivity contribution is 5.83. The summed E-state index contributed by atoms with van der Waals surface area (Å²) in [6, 6.07) is 11.8. The van der Waals surface area contributed by atoms with E-state index in [-0.39, 0.29) is 18.8 Å². The molecule has 5 heteroatoms. The van der Waals surface area contributed by atoms with Gasteiger partial charge in [-0.3, -0.25) is 4.79 Å². The Kier molecular flexibility index (Phi) is 3.25. The molecule has 0 bridgehead atoms. The van der Waals surface area contributed by atoms with Crippen LogP contribution in [0.25, 0.3) is 22.3 Å². The topological polar surface area (TPSA) is 75.3 Å². The second-order valence-corrected chi connectivity index (χ2v) is 5.75. The van der Waals surface area contributed by atoms with E-state index in [1.54, 1.807) is 4.57 Å². The average Bonchev–Trinajstić information content (AvgIpc) is 2.91. The number of pyridine rings is 2. The van der Waals surface area contributed by atoms with Crippen LogP contribution in [-0.4, -0.2) is 26.4 Å². The summed E-state index contributed by atoms with van der Waals surface area (Å²) in [5.74, 6) is 0. The predicted molar refractivity (Wildman–Crippen MR) is 87.3 cm³/mol. The third-order valence-corrected chi connectivity index (χ3v) is 4.41. The molecule has 3 heterocycles. The molecular formula is C18H16N2O3. The van der Waals surface area contributed by atoms with Crippen molar-refractivity contribution >= 4 is 10.9 Å². The first-order chi connectivity index (χ1) is 11.2. The van der Waals surface area contributed by atoms with E-state index in [4.69, 9.17) is 4.98 Å². The molecule has 2 aromatic heterocycles. The minimum absolute atomic E-state index is 0.0616. The highest BCUT2D eigenvalue weighted by Crippen LogP contribution is 2.32. The molecule has 0 saturated carbocycles. The molecule has 1 aromatic carbocycles. The van der Waals surface area contributed by atoms with Gasteiger partial charge in [0.25, 0.3) is 5.56 Å². The van der Waals surface area contributed by atoms with Crippen molar-refractivity contribution in [2.24, 2.45) is 0 Å². The number of aliphatic hydroxyl groups excluding tert-OH is 2. The fourth-order valence-electron chi connectivity index (χ4n) is 3.28. The van der Waals surface area contributed by atoms with Crippen LogP contribution in [0, 0.1) is 0 Å². The smallest absolute Gasteiger partial charge is 0.257 e. The van der Waals surface area contributed by atoms with Crippen molar-refractivity contribution in [1.29, 1.82) is 0 Å². The molecule has 23 heavy (non-hydrogen) atoms. The number of hydrogen-bond donors (Lipinski definition) is 2. The number of aromatic nitrogens is 2. The zero-order valence-electron chi connectivity index (χ0n) is 12.5. The van der Waals surface area contributed by atoms with Gasteiger partial charge >= 0.3 is 0 Å². The van der Waals surface area contributed by atoms with Gasteiger partial charge in [0.05, 0.1) is 30.1 Å². The molecular weight excluding hydrogens is 292 g/mol. The molecule has 5 nitrogen and oxygen atoms in total. The molecule has 4 rings (SSSR count). The number of benzene rings is 1. The molecule has 1 aliphatic rings. The summed E-state index contributed by atoms with van der Waals surface area (Å²) in [7, 11) is 0. The van der Waals surface area contributed by atoms with Crippen molar-refractivity contribution in [2.75, 3.05) is 6.61 Å². The average molecular weight is 308 g/mol. The lowest BCUT2D eigenvalue weighted by Gasteiger charge is -2.10. The van der Waals surface area contributed by atoms with Crippen molar-refractivity contribution in [1.82, 2.24) is 9.55 Å². The molecule has 0 atom stereocenters. The normalized spacial score (nSPS) is 12.4. The first-order valence-corrected chi connectivity index (χ1v) is 7.59. The van der Waals surface area contributed by atoms with Gasteiger partial charge in [0.15, 0.2) is 0 Å². The summed E-state index contributed by atoms with van der Waals surface area (Å²) in [6.07, 6.45) is 0.349. The molecule has 0 aliphatic carbocycles. The summed E-state index contributed by atoms with van der Waals surface area (Å²) in [5, 5.41) is 19.8. The number of fused-ring (bicyclic) bond motifs is 4. The van der Waals surface area contributed by atoms with E-state index < -0.39 is 0 Å². The van der Waals surface area contributed by atoms with Crippen LogP contribution in [-0.2, 0) is 19.6 Å². The maximum Gasteiger partial charge on any atom is 0.257 e. The van der Waals surface area contributed by atoms with Crippen molar-refractivity contribution in [3.8, 4) is 11.4 Å². The van der Waals surface area contributed by atoms with Gasteiger partial charge in [0.2, 0.25) is 0 Å². The first-order valence-electron chi connectivity index (χ1n) is 7.59. The molecule has 3 aromatic rings. The van der Waals surface area contributed by atoms with Crippen LogP contribution in [0.5, 0.6) is 0 Å². The Labute approximate surface area is 132 Å². The number of hydrogen-bond acceptors (Lipinski definition) is 4. The molecule has 116 valence electrons. The summed E-state index contributed by atoms with van der Waals surface area (Å²) in [5.41, 5.74) is 4.32. The lowest BCUT2D eigenvalue weighted by atomic mass is 10.0. The molecule has 1 aliphatic heterocycles. The van der Waals surface area contributed by atoms with E-state index >= 15 is 0 Å². The van der Waals surface area contributed by atoms with Crippen LogP contribution in [0.4, 0.5) is 0 Å². The predicted octanol–water partition coefficient (Wildman–Crippen LogP) is 1.45. The van der Waals surface area contributed by atoms with E-state index in [2.05, 4.69) is 6.07 Å². The summed E-state index contributed by atoms with van der Waals surface area (Å²) >= 11 is 0. The van der Waals surface area contributed by atoms with E-state index in [0.29, 0.717) is 24.1 Å². The van der Waals surface area contributed by atoms with Crippen molar-refractivity contribution in [3.05, 3.63) is 63.4 Å². The largest absolute Gasteiger partial charge is 0.396 e. The fraction of sp³-hybridized carbons (Fsp3) is 0.222. The van der Waals surface area contributed by atoms with Crippen LogP contribution in [0.15, 0.2) is 41.2 Å². The number of rotatable bonds is 3. The number of aliphatic hydroxyl groups is 2. The molecule has 0 saturated heterocycles. The second-order valence-electron chi connectivity index (χ2n) is 5.75. The van der Waals surface area contributed by atoms with Crippen LogP contribution < -0.4 is 5.56 Å². The summed E-state index contributed by atoms with van der Waals surface area (Å²) in [4.78, 5) is 17.4. The van der Waals surface area contributed by atoms with E-state index in [0.717, 1.165) is 27.9 Å². The standard InChI is InChI=1S/C18H16N2O3/c21-6-5-11-8-16-17-13(9-20(16)18(23)14(11)10-22)7-12-3-1-2-4-15(12)19-17/h1-4,7-8,21-22H,5-6,9-10H2. The summed E-state index contributed by atoms with van der Waals surface area (Å²) < 4.78 is 1.66. The summed E-state index contributed by atoms with van der Waals surface area (Å²) in [6.45, 7) is 0.0852. The van der Waals surface area contributed by atoms with Gasteiger partial charge in [-0.05, 0) is 30.2 Å². The van der Waals surface area contributed by atoms with Crippen molar-refractivity contribution in [2.45, 2.75) is 19.6 Å². The van der Waals surface area contributed by atoms with E-state index in [9.17, 15) is 15.0 Å². The Morgan fingerprint density at radius 3 is 2.78 bits per heavy atom. The van der Waals surface area contributed by atoms with Gasteiger partial charge in [-0.15, -0.1) is 0 Å². The third kappa shape index (κ3) is 2.09. The number of nitrogens with zero attached hydrogens (tertiary/aromatic N) is 2. The minimum Gasteiger partial charge on any atom is -0.396 e. The van der Waals surface area contributed by atoms with E-state index in [1.807, 2.05) is 30.3 Å². The quantitative estimate of drug-likeness (QED) is 0.601. The Balaban J connectivity index is 1.99. The fourth-order valence-corrected chi connectivity index (χ4v) is 3.28. The zero-order valence-corrected chi connectivity index (χ0v) is 12.5. The van der Waals surface area contributed by atoms with Gasteiger partial charge in [-0.1, -0.05) is 18.2 Å². The van der Waals surface area contributed by atoms with Gasteiger partial charge in [0, 0.05) is 23.1 Å². The molecule has 0 fully saturated rings. The van der Waals surface area contributed by atoms with Gasteiger partial charge in [-0.25, -0.2) is 4.98 Å². The van der Waals surface area contributed by atoms with Crippen LogP contribution in [0.3, 0.4) is 0 Å². The first kappa shape index (κ1) is 14.1. The van der Waals surface area contributed by atoms with Crippen molar-refractivity contribution < 1.29 is 10.2 Å². The second kappa shape index (κ2) is 5.30. The molecule has 2 N–H and O–H groups in total. The van der Waals surface area contributed by atoms with Crippen LogP contribution in [0.2, 0.25) is 0 Å². The Bertz CT molecular complexity index is 976. The SMILES string of the molecule is O=c1c(CO)c(CCO)cc2n1Cc1cc3ccccc3nc1-2. The molecule has 0 amide bonds. The van der Waals surface area contributed by atoms with Gasteiger partial charge < -0.3 is 14.8 Å². The number of para-hydroxylation sites is 1. The maximum atomic E-state index is 12.6.